The third-order valence-corrected chi connectivity index (χ3v) is 5.11. The van der Waals surface area contributed by atoms with Gasteiger partial charge < -0.3 is 5.32 Å². The molecule has 1 fully saturated rings. The Morgan fingerprint density at radius 1 is 1.50 bits per heavy atom. The molecule has 1 aromatic rings. The largest absolute Gasteiger partial charge is 0.316 e. The molecule has 1 aliphatic heterocycles. The summed E-state index contributed by atoms with van der Waals surface area (Å²) in [5, 5.41) is 5.60. The number of rotatable bonds is 4. The summed E-state index contributed by atoms with van der Waals surface area (Å²) in [6.45, 7) is 0. The first-order chi connectivity index (χ1) is 6.90. The molecule has 0 spiro atoms. The molecule has 2 heterocycles. The minimum atomic E-state index is 0.750. The van der Waals surface area contributed by atoms with Gasteiger partial charge in [-0.2, -0.15) is 11.8 Å². The summed E-state index contributed by atoms with van der Waals surface area (Å²) < 4.78 is 0. The van der Waals surface area contributed by atoms with E-state index in [0.29, 0.717) is 0 Å². The maximum atomic E-state index is 3.43. The van der Waals surface area contributed by atoms with Crippen molar-refractivity contribution in [2.24, 2.45) is 5.92 Å². The van der Waals surface area contributed by atoms with Crippen molar-refractivity contribution in [3.8, 4) is 0 Å². The molecule has 0 radical (unpaired) electrons. The summed E-state index contributed by atoms with van der Waals surface area (Å²) in [6.07, 6.45) is 2.61. The number of thioether (sulfide) groups is 1. The van der Waals surface area contributed by atoms with E-state index in [0.717, 1.165) is 12.0 Å². The Kier molecular flexibility index (Phi) is 3.90. The summed E-state index contributed by atoms with van der Waals surface area (Å²) in [5.41, 5.74) is 0. The fourth-order valence-corrected chi connectivity index (χ4v) is 4.24. The van der Waals surface area contributed by atoms with E-state index in [4.69, 9.17) is 0 Å². The number of hydrogen-bond donors (Lipinski definition) is 1. The molecular formula is C11H17NS2. The van der Waals surface area contributed by atoms with Crippen LogP contribution in [0.2, 0.25) is 0 Å². The highest BCUT2D eigenvalue weighted by Gasteiger charge is 2.25. The van der Waals surface area contributed by atoms with E-state index in [1.165, 1.54) is 29.2 Å². The van der Waals surface area contributed by atoms with Crippen LogP contribution in [0.4, 0.5) is 0 Å². The van der Waals surface area contributed by atoms with Crippen molar-refractivity contribution in [3.63, 3.8) is 0 Å². The molecule has 0 amide bonds. The highest BCUT2D eigenvalue weighted by Crippen LogP contribution is 2.28. The zero-order valence-corrected chi connectivity index (χ0v) is 10.2. The Balaban J connectivity index is 1.80. The lowest BCUT2D eigenvalue weighted by atomic mass is 9.98. The zero-order chi connectivity index (χ0) is 9.80. The molecule has 0 saturated carbocycles. The van der Waals surface area contributed by atoms with Crippen LogP contribution in [-0.4, -0.2) is 24.6 Å². The standard InChI is InChI=1S/C11H17NS2/c1-12-11-8-13-7-9(11)4-5-10-3-2-6-14-10/h2-3,6,9,11-12H,4-5,7-8H2,1H3. The Bertz CT molecular complexity index is 258. The van der Waals surface area contributed by atoms with Crippen LogP contribution >= 0.6 is 23.1 Å². The minimum absolute atomic E-state index is 0.750. The highest BCUT2D eigenvalue weighted by molar-refractivity contribution is 7.99. The molecule has 0 aliphatic carbocycles. The van der Waals surface area contributed by atoms with E-state index >= 15 is 0 Å². The first-order valence-electron chi connectivity index (χ1n) is 5.17. The lowest BCUT2D eigenvalue weighted by molar-refractivity contribution is 0.430. The highest BCUT2D eigenvalue weighted by atomic mass is 32.2. The van der Waals surface area contributed by atoms with Gasteiger partial charge in [0.25, 0.3) is 0 Å². The third kappa shape index (κ3) is 2.53. The van der Waals surface area contributed by atoms with Gasteiger partial charge in [0.2, 0.25) is 0 Å². The summed E-state index contributed by atoms with van der Waals surface area (Å²) >= 11 is 3.98. The van der Waals surface area contributed by atoms with Crippen LogP contribution in [0.15, 0.2) is 17.5 Å². The van der Waals surface area contributed by atoms with Gasteiger partial charge >= 0.3 is 0 Å². The molecule has 3 heteroatoms. The Labute approximate surface area is 94.3 Å². The number of hydrogen-bond acceptors (Lipinski definition) is 3. The number of aryl methyl sites for hydroxylation is 1. The molecule has 2 rings (SSSR count). The molecule has 1 nitrogen and oxygen atoms in total. The molecule has 1 N–H and O–H groups in total. The zero-order valence-electron chi connectivity index (χ0n) is 8.53. The SMILES string of the molecule is CNC1CSCC1CCc1cccs1. The molecule has 0 aromatic carbocycles. The molecule has 2 unspecified atom stereocenters. The van der Waals surface area contributed by atoms with Crippen LogP contribution in [0.3, 0.4) is 0 Å². The molecule has 78 valence electrons. The first kappa shape index (κ1) is 10.5. The molecule has 2 atom stereocenters. The Morgan fingerprint density at radius 3 is 3.14 bits per heavy atom. The van der Waals surface area contributed by atoms with Crippen molar-refractivity contribution < 1.29 is 0 Å². The molecule has 1 saturated heterocycles. The predicted octanol–water partition coefficient (Wildman–Crippen LogP) is 2.63. The lowest BCUT2D eigenvalue weighted by Crippen LogP contribution is -2.32. The molecule has 14 heavy (non-hydrogen) atoms. The van der Waals surface area contributed by atoms with Gasteiger partial charge in [0.05, 0.1) is 0 Å². The van der Waals surface area contributed by atoms with Crippen LogP contribution < -0.4 is 5.32 Å². The second kappa shape index (κ2) is 5.19. The summed E-state index contributed by atoms with van der Waals surface area (Å²) in [6, 6.07) is 5.15. The molecule has 1 aromatic heterocycles. The van der Waals surface area contributed by atoms with Crippen LogP contribution in [0.25, 0.3) is 0 Å². The van der Waals surface area contributed by atoms with Gasteiger partial charge in [-0.1, -0.05) is 6.07 Å². The van der Waals surface area contributed by atoms with E-state index in [9.17, 15) is 0 Å². The van der Waals surface area contributed by atoms with E-state index in [1.54, 1.807) is 0 Å². The smallest absolute Gasteiger partial charge is 0.0191 e. The second-order valence-electron chi connectivity index (χ2n) is 3.81. The molecular weight excluding hydrogens is 210 g/mol. The maximum Gasteiger partial charge on any atom is 0.0191 e. The van der Waals surface area contributed by atoms with Crippen molar-refractivity contribution in [2.75, 3.05) is 18.6 Å². The summed E-state index contributed by atoms with van der Waals surface area (Å²) in [4.78, 5) is 1.54. The lowest BCUT2D eigenvalue weighted by Gasteiger charge is -2.17. The van der Waals surface area contributed by atoms with Gasteiger partial charge in [-0.15, -0.1) is 11.3 Å². The van der Waals surface area contributed by atoms with Gasteiger partial charge in [-0.3, -0.25) is 0 Å². The Hall–Kier alpha value is 0.01000. The minimum Gasteiger partial charge on any atom is -0.316 e. The van der Waals surface area contributed by atoms with Gasteiger partial charge in [-0.05, 0) is 43.0 Å². The van der Waals surface area contributed by atoms with E-state index in [1.807, 2.05) is 11.3 Å². The van der Waals surface area contributed by atoms with E-state index < -0.39 is 0 Å². The van der Waals surface area contributed by atoms with E-state index in [2.05, 4.69) is 41.6 Å². The average molecular weight is 227 g/mol. The van der Waals surface area contributed by atoms with Gasteiger partial charge in [0.1, 0.15) is 0 Å². The first-order valence-corrected chi connectivity index (χ1v) is 7.21. The van der Waals surface area contributed by atoms with E-state index in [-0.39, 0.29) is 0 Å². The average Bonchev–Trinajstić information content (AvgIpc) is 2.85. The van der Waals surface area contributed by atoms with Crippen molar-refractivity contribution in [2.45, 2.75) is 18.9 Å². The normalized spacial score (nSPS) is 26.9. The van der Waals surface area contributed by atoms with Crippen molar-refractivity contribution in [1.82, 2.24) is 5.32 Å². The van der Waals surface area contributed by atoms with Crippen LogP contribution in [-0.2, 0) is 6.42 Å². The van der Waals surface area contributed by atoms with Gasteiger partial charge in [-0.25, -0.2) is 0 Å². The Morgan fingerprint density at radius 2 is 2.43 bits per heavy atom. The van der Waals surface area contributed by atoms with Crippen LogP contribution in [0.1, 0.15) is 11.3 Å². The van der Waals surface area contributed by atoms with Crippen molar-refractivity contribution >= 4 is 23.1 Å². The predicted molar refractivity (Wildman–Crippen MR) is 66.3 cm³/mol. The van der Waals surface area contributed by atoms with Gasteiger partial charge in [0, 0.05) is 16.7 Å². The molecule has 1 aliphatic rings. The molecule has 0 bridgehead atoms. The van der Waals surface area contributed by atoms with Crippen molar-refractivity contribution in [3.05, 3.63) is 22.4 Å². The fourth-order valence-electron chi connectivity index (χ4n) is 1.98. The summed E-state index contributed by atoms with van der Waals surface area (Å²) in [7, 11) is 2.09. The fraction of sp³-hybridized carbons (Fsp3) is 0.636. The summed E-state index contributed by atoms with van der Waals surface area (Å²) in [5.74, 6) is 3.52. The monoisotopic (exact) mass is 227 g/mol. The number of nitrogens with one attached hydrogen (secondary N) is 1. The van der Waals surface area contributed by atoms with Crippen LogP contribution in [0.5, 0.6) is 0 Å². The maximum absolute atomic E-state index is 3.43. The third-order valence-electron chi connectivity index (χ3n) is 2.91. The van der Waals surface area contributed by atoms with Crippen molar-refractivity contribution in [1.29, 1.82) is 0 Å². The second-order valence-corrected chi connectivity index (χ2v) is 5.92. The quantitative estimate of drug-likeness (QED) is 0.848. The van der Waals surface area contributed by atoms with Gasteiger partial charge in [0.15, 0.2) is 0 Å². The number of thiophene rings is 1. The topological polar surface area (TPSA) is 12.0 Å². The van der Waals surface area contributed by atoms with Crippen LogP contribution in [0, 0.1) is 5.92 Å².